The number of rotatable bonds is 7. The smallest absolute Gasteiger partial charge is 0.154 e. The molecule has 7 heteroatoms. The van der Waals surface area contributed by atoms with Gasteiger partial charge in [-0.3, -0.25) is 0 Å². The Labute approximate surface area is 191 Å². The molecule has 4 N–H and O–H groups in total. The van der Waals surface area contributed by atoms with Crippen LogP contribution in [-0.2, 0) is 13.0 Å². The Hall–Kier alpha value is -3.90. The lowest BCUT2D eigenvalue weighted by molar-refractivity contribution is 0.306. The van der Waals surface area contributed by atoms with Crippen LogP contribution < -0.4 is 16.2 Å². The van der Waals surface area contributed by atoms with Crippen molar-refractivity contribution in [3.63, 3.8) is 0 Å². The van der Waals surface area contributed by atoms with Crippen molar-refractivity contribution in [1.29, 1.82) is 0 Å². The Morgan fingerprint density at radius 3 is 2.34 bits per heavy atom. The zero-order chi connectivity index (χ0) is 22.3. The summed E-state index contributed by atoms with van der Waals surface area (Å²) < 4.78 is 5.95. The predicted molar refractivity (Wildman–Crippen MR) is 129 cm³/mol. The van der Waals surface area contributed by atoms with Crippen LogP contribution >= 0.6 is 11.6 Å². The number of aromatic nitrogens is 1. The largest absolute Gasteiger partial charge is 0.489 e. The number of nitrogens with zero attached hydrogens (tertiary/aromatic N) is 3. The van der Waals surface area contributed by atoms with Gasteiger partial charge in [-0.2, -0.15) is 5.11 Å². The van der Waals surface area contributed by atoms with Gasteiger partial charge < -0.3 is 16.2 Å². The zero-order valence-corrected chi connectivity index (χ0v) is 18.0. The molecule has 0 aliphatic heterocycles. The van der Waals surface area contributed by atoms with Gasteiger partial charge in [0, 0.05) is 11.4 Å². The van der Waals surface area contributed by atoms with Crippen LogP contribution in [0, 0.1) is 0 Å². The summed E-state index contributed by atoms with van der Waals surface area (Å²) in [6, 6.07) is 26.8. The molecule has 0 radical (unpaired) electrons. The van der Waals surface area contributed by atoms with E-state index in [9.17, 15) is 0 Å². The molecule has 32 heavy (non-hydrogen) atoms. The number of anilines is 2. The maximum atomic E-state index is 6.12. The van der Waals surface area contributed by atoms with Gasteiger partial charge in [0.1, 0.15) is 23.9 Å². The third-order valence-corrected chi connectivity index (χ3v) is 5.00. The average Bonchev–Trinajstić information content (AvgIpc) is 2.79. The molecule has 0 atom stereocenters. The Balaban J connectivity index is 1.55. The van der Waals surface area contributed by atoms with Gasteiger partial charge in [0.05, 0.1) is 5.69 Å². The van der Waals surface area contributed by atoms with E-state index in [0.717, 1.165) is 22.4 Å². The number of nitrogens with two attached hydrogens (primary N) is 2. The average molecular weight is 444 g/mol. The fourth-order valence-corrected chi connectivity index (χ4v) is 3.33. The molecule has 4 rings (SSSR count). The monoisotopic (exact) mass is 443 g/mol. The second-order valence-electron chi connectivity index (χ2n) is 7.21. The zero-order valence-electron chi connectivity index (χ0n) is 17.3. The standard InChI is InChI=1S/C25H22ClN5O/c26-20-9-11-21(12-10-20)30-31-24-19(15-23(27)29-25(24)28)13-18-7-4-8-22(14-18)32-16-17-5-2-1-3-6-17/h1-12,14-15H,13,16H2,(H4,27,28,29). The Morgan fingerprint density at radius 2 is 1.56 bits per heavy atom. The van der Waals surface area contributed by atoms with Crippen molar-refractivity contribution in [2.24, 2.45) is 10.2 Å². The van der Waals surface area contributed by atoms with Crippen molar-refractivity contribution in [2.75, 3.05) is 11.5 Å². The molecule has 0 saturated carbocycles. The van der Waals surface area contributed by atoms with Crippen molar-refractivity contribution >= 4 is 34.6 Å². The number of hydrogen-bond donors (Lipinski definition) is 2. The van der Waals surface area contributed by atoms with E-state index in [4.69, 9.17) is 27.8 Å². The van der Waals surface area contributed by atoms with Gasteiger partial charge in [0.2, 0.25) is 0 Å². The molecule has 1 aromatic heterocycles. The topological polar surface area (TPSA) is 98.9 Å². The molecule has 160 valence electrons. The summed E-state index contributed by atoms with van der Waals surface area (Å²) in [6.07, 6.45) is 0.550. The van der Waals surface area contributed by atoms with Gasteiger partial charge in [-0.25, -0.2) is 4.98 Å². The van der Waals surface area contributed by atoms with Crippen molar-refractivity contribution in [3.8, 4) is 5.75 Å². The quantitative estimate of drug-likeness (QED) is 0.319. The van der Waals surface area contributed by atoms with E-state index in [1.54, 1.807) is 30.3 Å². The molecule has 0 bridgehead atoms. The van der Waals surface area contributed by atoms with Crippen LogP contribution in [0.2, 0.25) is 5.02 Å². The maximum Gasteiger partial charge on any atom is 0.154 e. The molecule has 0 spiro atoms. The summed E-state index contributed by atoms with van der Waals surface area (Å²) in [7, 11) is 0. The van der Waals surface area contributed by atoms with Gasteiger partial charge in [-0.1, -0.05) is 54.1 Å². The molecule has 1 heterocycles. The minimum atomic E-state index is 0.231. The first-order chi connectivity index (χ1) is 15.6. The lowest BCUT2D eigenvalue weighted by Gasteiger charge is -2.11. The van der Waals surface area contributed by atoms with E-state index >= 15 is 0 Å². The van der Waals surface area contributed by atoms with E-state index in [1.165, 1.54) is 0 Å². The fraction of sp³-hybridized carbons (Fsp3) is 0.0800. The van der Waals surface area contributed by atoms with Crippen LogP contribution in [0.25, 0.3) is 0 Å². The van der Waals surface area contributed by atoms with E-state index in [0.29, 0.717) is 35.2 Å². The minimum Gasteiger partial charge on any atom is -0.489 e. The summed E-state index contributed by atoms with van der Waals surface area (Å²) in [5.41, 5.74) is 16.2. The van der Waals surface area contributed by atoms with Gasteiger partial charge >= 0.3 is 0 Å². The van der Waals surface area contributed by atoms with Crippen molar-refractivity contribution in [2.45, 2.75) is 13.0 Å². The number of azo groups is 1. The molecule has 4 aromatic rings. The molecule has 0 fully saturated rings. The van der Waals surface area contributed by atoms with Crippen LogP contribution in [0.4, 0.5) is 23.0 Å². The normalized spacial score (nSPS) is 11.0. The van der Waals surface area contributed by atoms with E-state index in [2.05, 4.69) is 15.2 Å². The van der Waals surface area contributed by atoms with Crippen LogP contribution in [0.1, 0.15) is 16.7 Å². The molecule has 3 aromatic carbocycles. The van der Waals surface area contributed by atoms with Gasteiger partial charge in [-0.05, 0) is 59.2 Å². The maximum absolute atomic E-state index is 6.12. The predicted octanol–water partition coefficient (Wildman–Crippen LogP) is 6.48. The number of ether oxygens (including phenoxy) is 1. The lowest BCUT2D eigenvalue weighted by Crippen LogP contribution is -2.01. The highest BCUT2D eigenvalue weighted by molar-refractivity contribution is 6.30. The van der Waals surface area contributed by atoms with E-state index in [1.807, 2.05) is 54.6 Å². The summed E-state index contributed by atoms with van der Waals surface area (Å²) in [6.45, 7) is 0.500. The molecule has 0 amide bonds. The molecular formula is C25H22ClN5O. The highest BCUT2D eigenvalue weighted by atomic mass is 35.5. The van der Waals surface area contributed by atoms with Crippen molar-refractivity contribution in [1.82, 2.24) is 4.98 Å². The molecule has 0 saturated heterocycles. The minimum absolute atomic E-state index is 0.231. The highest BCUT2D eigenvalue weighted by Gasteiger charge is 2.11. The van der Waals surface area contributed by atoms with Gasteiger partial charge in [-0.15, -0.1) is 5.11 Å². The SMILES string of the molecule is Nc1cc(Cc2cccc(OCc3ccccc3)c2)c(N=Nc2ccc(Cl)cc2)c(N)n1. The van der Waals surface area contributed by atoms with Crippen LogP contribution in [0.15, 0.2) is 95.2 Å². The molecule has 6 nitrogen and oxygen atoms in total. The first-order valence-corrected chi connectivity index (χ1v) is 10.4. The number of benzene rings is 3. The number of pyridine rings is 1. The lowest BCUT2D eigenvalue weighted by atomic mass is 10.0. The van der Waals surface area contributed by atoms with E-state index < -0.39 is 0 Å². The molecule has 0 aliphatic rings. The first-order valence-electron chi connectivity index (χ1n) is 10.0. The van der Waals surface area contributed by atoms with Crippen LogP contribution in [0.3, 0.4) is 0 Å². The second-order valence-corrected chi connectivity index (χ2v) is 7.65. The molecular weight excluding hydrogens is 422 g/mol. The van der Waals surface area contributed by atoms with Crippen molar-refractivity contribution < 1.29 is 4.74 Å². The highest BCUT2D eigenvalue weighted by Crippen LogP contribution is 2.31. The fourth-order valence-electron chi connectivity index (χ4n) is 3.21. The van der Waals surface area contributed by atoms with Gasteiger partial charge in [0.25, 0.3) is 0 Å². The summed E-state index contributed by atoms with van der Waals surface area (Å²) in [5, 5.41) is 9.25. The number of hydrogen-bond acceptors (Lipinski definition) is 6. The number of halogens is 1. The van der Waals surface area contributed by atoms with Gasteiger partial charge in [0.15, 0.2) is 5.82 Å². The summed E-state index contributed by atoms with van der Waals surface area (Å²) >= 11 is 5.93. The number of nitrogen functional groups attached to an aromatic ring is 2. The van der Waals surface area contributed by atoms with E-state index in [-0.39, 0.29) is 5.82 Å². The molecule has 0 aliphatic carbocycles. The van der Waals surface area contributed by atoms with Crippen LogP contribution in [0.5, 0.6) is 5.75 Å². The van der Waals surface area contributed by atoms with Crippen molar-refractivity contribution in [3.05, 3.63) is 107 Å². The first kappa shape index (κ1) is 21.3. The Bertz CT molecular complexity index is 1230. The Morgan fingerprint density at radius 1 is 0.812 bits per heavy atom. The van der Waals surface area contributed by atoms with Crippen LogP contribution in [-0.4, -0.2) is 4.98 Å². The Kier molecular flexibility index (Phi) is 6.63. The summed E-state index contributed by atoms with van der Waals surface area (Å²) in [5.74, 6) is 1.35. The third-order valence-electron chi connectivity index (χ3n) is 4.75. The summed E-state index contributed by atoms with van der Waals surface area (Å²) in [4.78, 5) is 4.14. The second kappa shape index (κ2) is 9.94. The molecule has 0 unspecified atom stereocenters. The third kappa shape index (κ3) is 5.62.